The predicted molar refractivity (Wildman–Crippen MR) is 75.3 cm³/mol. The molecule has 110 valence electrons. The standard InChI is InChI=1S/C14H27N3O2/c1-16(2)14(18)17-9-6-12(7-10-17)15-8-5-13-4-3-11-19-13/h12-13,15H,3-11H2,1-2H3. The van der Waals surface area contributed by atoms with Gasteiger partial charge in [-0.1, -0.05) is 0 Å². The van der Waals surface area contributed by atoms with E-state index in [1.807, 2.05) is 19.0 Å². The van der Waals surface area contributed by atoms with Crippen molar-refractivity contribution in [2.24, 2.45) is 0 Å². The van der Waals surface area contributed by atoms with Gasteiger partial charge in [-0.2, -0.15) is 0 Å². The first-order valence-electron chi connectivity index (χ1n) is 7.48. The van der Waals surface area contributed by atoms with E-state index in [0.29, 0.717) is 12.1 Å². The van der Waals surface area contributed by atoms with Crippen molar-refractivity contribution in [2.45, 2.75) is 44.2 Å². The number of nitrogens with zero attached hydrogens (tertiary/aromatic N) is 2. The van der Waals surface area contributed by atoms with E-state index in [1.165, 1.54) is 12.8 Å². The van der Waals surface area contributed by atoms with E-state index >= 15 is 0 Å². The molecule has 1 atom stereocenters. The quantitative estimate of drug-likeness (QED) is 0.836. The summed E-state index contributed by atoms with van der Waals surface area (Å²) in [5, 5.41) is 3.61. The van der Waals surface area contributed by atoms with E-state index in [4.69, 9.17) is 4.74 Å². The smallest absolute Gasteiger partial charge is 0.319 e. The lowest BCUT2D eigenvalue weighted by atomic mass is 10.0. The second-order valence-corrected chi connectivity index (χ2v) is 5.82. The third-order valence-corrected chi connectivity index (χ3v) is 4.07. The summed E-state index contributed by atoms with van der Waals surface area (Å²) in [6.07, 6.45) is 6.16. The number of hydrogen-bond acceptors (Lipinski definition) is 3. The normalized spacial score (nSPS) is 24.7. The largest absolute Gasteiger partial charge is 0.378 e. The molecular formula is C14H27N3O2. The van der Waals surface area contributed by atoms with Crippen LogP contribution in [0.15, 0.2) is 0 Å². The summed E-state index contributed by atoms with van der Waals surface area (Å²) < 4.78 is 5.62. The molecule has 0 spiro atoms. The van der Waals surface area contributed by atoms with Crippen LogP contribution < -0.4 is 5.32 Å². The molecule has 0 saturated carbocycles. The van der Waals surface area contributed by atoms with E-state index in [1.54, 1.807) is 4.90 Å². The summed E-state index contributed by atoms with van der Waals surface area (Å²) >= 11 is 0. The molecule has 0 bridgehead atoms. The van der Waals surface area contributed by atoms with Crippen molar-refractivity contribution in [1.82, 2.24) is 15.1 Å². The molecule has 2 heterocycles. The number of carbonyl (C=O) groups excluding carboxylic acids is 1. The van der Waals surface area contributed by atoms with Crippen molar-refractivity contribution in [3.63, 3.8) is 0 Å². The van der Waals surface area contributed by atoms with Crippen LogP contribution in [0.4, 0.5) is 4.79 Å². The molecule has 2 fully saturated rings. The maximum atomic E-state index is 11.8. The van der Waals surface area contributed by atoms with Gasteiger partial charge in [0.05, 0.1) is 6.10 Å². The van der Waals surface area contributed by atoms with Gasteiger partial charge in [-0.05, 0) is 38.6 Å². The van der Waals surface area contributed by atoms with Crippen molar-refractivity contribution in [1.29, 1.82) is 0 Å². The van der Waals surface area contributed by atoms with Crippen LogP contribution in [-0.2, 0) is 4.74 Å². The molecule has 1 N–H and O–H groups in total. The minimum absolute atomic E-state index is 0.137. The number of amides is 2. The zero-order valence-corrected chi connectivity index (χ0v) is 12.2. The van der Waals surface area contributed by atoms with Gasteiger partial charge in [0, 0.05) is 39.8 Å². The topological polar surface area (TPSA) is 44.8 Å². The molecule has 5 nitrogen and oxygen atoms in total. The van der Waals surface area contributed by atoms with Crippen LogP contribution in [-0.4, -0.2) is 68.3 Å². The van der Waals surface area contributed by atoms with Gasteiger partial charge < -0.3 is 19.9 Å². The van der Waals surface area contributed by atoms with E-state index in [-0.39, 0.29) is 6.03 Å². The molecule has 2 amide bonds. The molecule has 2 rings (SSSR count). The van der Waals surface area contributed by atoms with Gasteiger partial charge in [0.1, 0.15) is 0 Å². The highest BCUT2D eigenvalue weighted by Gasteiger charge is 2.23. The fourth-order valence-corrected chi connectivity index (χ4v) is 2.88. The Balaban J connectivity index is 1.59. The molecule has 19 heavy (non-hydrogen) atoms. The molecule has 2 aliphatic heterocycles. The van der Waals surface area contributed by atoms with Gasteiger partial charge in [0.15, 0.2) is 0 Å². The monoisotopic (exact) mass is 269 g/mol. The first-order chi connectivity index (χ1) is 9.16. The van der Waals surface area contributed by atoms with Crippen LogP contribution in [0.2, 0.25) is 0 Å². The number of urea groups is 1. The molecular weight excluding hydrogens is 242 g/mol. The number of likely N-dealkylation sites (tertiary alicyclic amines) is 1. The summed E-state index contributed by atoms with van der Waals surface area (Å²) in [5.74, 6) is 0. The molecule has 0 aliphatic carbocycles. The van der Waals surface area contributed by atoms with Crippen molar-refractivity contribution in [3.8, 4) is 0 Å². The number of nitrogens with one attached hydrogen (secondary N) is 1. The van der Waals surface area contributed by atoms with Crippen molar-refractivity contribution < 1.29 is 9.53 Å². The Morgan fingerprint density at radius 2 is 2.05 bits per heavy atom. The summed E-state index contributed by atoms with van der Waals surface area (Å²) in [7, 11) is 3.63. The second-order valence-electron chi connectivity index (χ2n) is 5.82. The van der Waals surface area contributed by atoms with Gasteiger partial charge in [-0.25, -0.2) is 4.79 Å². The van der Waals surface area contributed by atoms with Crippen LogP contribution in [0.25, 0.3) is 0 Å². The maximum Gasteiger partial charge on any atom is 0.319 e. The molecule has 0 aromatic carbocycles. The number of rotatable bonds is 4. The minimum Gasteiger partial charge on any atom is -0.378 e. The third kappa shape index (κ3) is 4.35. The summed E-state index contributed by atoms with van der Waals surface area (Å²) in [6.45, 7) is 3.72. The van der Waals surface area contributed by atoms with Crippen molar-refractivity contribution in [2.75, 3.05) is 40.3 Å². The summed E-state index contributed by atoms with van der Waals surface area (Å²) in [5.41, 5.74) is 0. The number of piperidine rings is 1. The lowest BCUT2D eigenvalue weighted by molar-refractivity contribution is 0.102. The highest BCUT2D eigenvalue weighted by Crippen LogP contribution is 2.15. The molecule has 0 radical (unpaired) electrons. The van der Waals surface area contributed by atoms with Crippen LogP contribution >= 0.6 is 0 Å². The molecule has 2 aliphatic rings. The Bertz CT molecular complexity index is 282. The zero-order chi connectivity index (χ0) is 13.7. The second kappa shape index (κ2) is 7.10. The van der Waals surface area contributed by atoms with Crippen LogP contribution in [0.1, 0.15) is 32.1 Å². The number of hydrogen-bond donors (Lipinski definition) is 1. The first kappa shape index (κ1) is 14.6. The number of ether oxygens (including phenoxy) is 1. The highest BCUT2D eigenvalue weighted by atomic mass is 16.5. The fraction of sp³-hybridized carbons (Fsp3) is 0.929. The summed E-state index contributed by atoms with van der Waals surface area (Å²) in [4.78, 5) is 15.4. The lowest BCUT2D eigenvalue weighted by Crippen LogP contribution is -2.48. The van der Waals surface area contributed by atoms with Crippen LogP contribution in [0.3, 0.4) is 0 Å². The third-order valence-electron chi connectivity index (χ3n) is 4.07. The fourth-order valence-electron chi connectivity index (χ4n) is 2.88. The molecule has 0 aromatic rings. The van der Waals surface area contributed by atoms with Crippen molar-refractivity contribution in [3.05, 3.63) is 0 Å². The highest BCUT2D eigenvalue weighted by molar-refractivity contribution is 5.73. The van der Waals surface area contributed by atoms with Gasteiger partial charge in [-0.15, -0.1) is 0 Å². The van der Waals surface area contributed by atoms with E-state index in [0.717, 1.165) is 45.5 Å². The van der Waals surface area contributed by atoms with E-state index in [2.05, 4.69) is 5.32 Å². The predicted octanol–water partition coefficient (Wildman–Crippen LogP) is 1.29. The summed E-state index contributed by atoms with van der Waals surface area (Å²) in [6, 6.07) is 0.699. The molecule has 2 saturated heterocycles. The average molecular weight is 269 g/mol. The van der Waals surface area contributed by atoms with E-state index < -0.39 is 0 Å². The van der Waals surface area contributed by atoms with Crippen molar-refractivity contribution >= 4 is 6.03 Å². The van der Waals surface area contributed by atoms with Crippen LogP contribution in [0.5, 0.6) is 0 Å². The Morgan fingerprint density at radius 3 is 2.63 bits per heavy atom. The Kier molecular flexibility index (Phi) is 5.45. The van der Waals surface area contributed by atoms with Gasteiger partial charge in [0.25, 0.3) is 0 Å². The Labute approximate surface area is 116 Å². The zero-order valence-electron chi connectivity index (χ0n) is 12.2. The van der Waals surface area contributed by atoms with E-state index in [9.17, 15) is 4.79 Å². The van der Waals surface area contributed by atoms with Gasteiger partial charge >= 0.3 is 6.03 Å². The van der Waals surface area contributed by atoms with Gasteiger partial charge in [-0.3, -0.25) is 0 Å². The average Bonchev–Trinajstić information content (AvgIpc) is 2.92. The lowest BCUT2D eigenvalue weighted by Gasteiger charge is -2.34. The molecule has 5 heteroatoms. The first-order valence-corrected chi connectivity index (χ1v) is 7.48. The SMILES string of the molecule is CN(C)C(=O)N1CCC(NCCC2CCCO2)CC1. The minimum atomic E-state index is 0.137. The number of carbonyl (C=O) groups is 1. The van der Waals surface area contributed by atoms with Gasteiger partial charge in [0.2, 0.25) is 0 Å². The Morgan fingerprint density at radius 1 is 1.32 bits per heavy atom. The Hall–Kier alpha value is -0.810. The molecule has 0 aromatic heterocycles. The maximum absolute atomic E-state index is 11.8. The van der Waals surface area contributed by atoms with Crippen LogP contribution in [0, 0.1) is 0 Å². The molecule has 1 unspecified atom stereocenters.